The van der Waals surface area contributed by atoms with E-state index < -0.39 is 5.82 Å². The summed E-state index contributed by atoms with van der Waals surface area (Å²) in [6.07, 6.45) is 6.20. The Bertz CT molecular complexity index is 782. The SMILES string of the molecule is Fc1c(Cl)ncc2c(C34CC5CCC(C3)N54)nc(Cl)nc12. The fourth-order valence-electron chi connectivity index (χ4n) is 4.59. The number of fused-ring (bicyclic) bond motifs is 1. The molecule has 7 heteroatoms. The molecule has 108 valence electrons. The van der Waals surface area contributed by atoms with E-state index in [-0.39, 0.29) is 21.5 Å². The molecule has 2 aromatic rings. The summed E-state index contributed by atoms with van der Waals surface area (Å²) in [5, 5.41) is 0.518. The molecule has 5 heterocycles. The molecule has 0 amide bonds. The predicted molar refractivity (Wildman–Crippen MR) is 76.9 cm³/mol. The Kier molecular flexibility index (Phi) is 2.28. The quantitative estimate of drug-likeness (QED) is 0.596. The molecule has 0 bridgehead atoms. The highest BCUT2D eigenvalue weighted by molar-refractivity contribution is 6.30. The highest BCUT2D eigenvalue weighted by atomic mass is 35.5. The lowest BCUT2D eigenvalue weighted by molar-refractivity contribution is -0.173. The van der Waals surface area contributed by atoms with E-state index in [2.05, 4.69) is 19.9 Å². The summed E-state index contributed by atoms with van der Waals surface area (Å²) >= 11 is 11.8. The first-order chi connectivity index (χ1) is 10.1. The van der Waals surface area contributed by atoms with Crippen LogP contribution in [-0.2, 0) is 5.54 Å². The molecule has 4 nitrogen and oxygen atoms in total. The van der Waals surface area contributed by atoms with Crippen molar-refractivity contribution in [1.29, 1.82) is 0 Å². The van der Waals surface area contributed by atoms with Crippen molar-refractivity contribution in [3.63, 3.8) is 0 Å². The predicted octanol–water partition coefficient (Wildman–Crippen LogP) is 3.31. The van der Waals surface area contributed by atoms with Gasteiger partial charge >= 0.3 is 0 Å². The van der Waals surface area contributed by atoms with Crippen LogP contribution in [0.5, 0.6) is 0 Å². The van der Waals surface area contributed by atoms with Gasteiger partial charge in [0.1, 0.15) is 5.52 Å². The normalized spacial score (nSPS) is 33.7. The molecular formula is C14H11Cl2FN4. The van der Waals surface area contributed by atoms with Crippen molar-refractivity contribution < 1.29 is 4.39 Å². The fraction of sp³-hybridized carbons (Fsp3) is 0.500. The van der Waals surface area contributed by atoms with Gasteiger partial charge in [0, 0.05) is 23.7 Å². The van der Waals surface area contributed by atoms with Gasteiger partial charge in [-0.2, -0.15) is 0 Å². The Balaban J connectivity index is 1.76. The number of halogens is 3. The molecule has 0 aliphatic carbocycles. The van der Waals surface area contributed by atoms with E-state index in [0.29, 0.717) is 17.5 Å². The maximum Gasteiger partial charge on any atom is 0.223 e. The second kappa shape index (κ2) is 3.83. The van der Waals surface area contributed by atoms with Crippen LogP contribution >= 0.6 is 23.2 Å². The monoisotopic (exact) mass is 324 g/mol. The van der Waals surface area contributed by atoms with E-state index in [1.807, 2.05) is 0 Å². The molecule has 0 aromatic carbocycles. The zero-order chi connectivity index (χ0) is 14.4. The molecule has 3 fully saturated rings. The minimum absolute atomic E-state index is 0.0686. The third-order valence-electron chi connectivity index (χ3n) is 5.32. The molecule has 5 rings (SSSR count). The van der Waals surface area contributed by atoms with Gasteiger partial charge in [0.2, 0.25) is 5.28 Å². The van der Waals surface area contributed by atoms with Crippen LogP contribution in [0.1, 0.15) is 31.4 Å². The molecule has 2 aromatic heterocycles. The summed E-state index contributed by atoms with van der Waals surface area (Å²) in [6, 6.07) is 1.30. The van der Waals surface area contributed by atoms with Crippen molar-refractivity contribution in [1.82, 2.24) is 19.9 Å². The van der Waals surface area contributed by atoms with Gasteiger partial charge in [-0.05, 0) is 37.3 Å². The number of pyridine rings is 1. The second-order valence-electron chi connectivity index (χ2n) is 6.20. The minimum atomic E-state index is -0.621. The van der Waals surface area contributed by atoms with Gasteiger partial charge in [0.25, 0.3) is 0 Å². The molecule has 2 unspecified atom stereocenters. The Morgan fingerprint density at radius 2 is 1.90 bits per heavy atom. The number of nitrogens with zero attached hydrogens (tertiary/aromatic N) is 4. The Morgan fingerprint density at radius 3 is 2.62 bits per heavy atom. The molecule has 0 saturated carbocycles. The standard InChI is InChI=1S/C14H11Cl2FN4/c15-12-9(17)10-8(5-18-12)11(20-13(16)19-10)14-3-6-1-2-7(4-14)21(6)14/h5-7H,1-4H2. The minimum Gasteiger partial charge on any atom is -0.286 e. The number of aromatic nitrogens is 3. The molecular weight excluding hydrogens is 314 g/mol. The number of hydrogen-bond donors (Lipinski definition) is 0. The van der Waals surface area contributed by atoms with E-state index >= 15 is 0 Å². The lowest BCUT2D eigenvalue weighted by Crippen LogP contribution is -2.72. The Labute approximate surface area is 130 Å². The third-order valence-corrected chi connectivity index (χ3v) is 5.75. The van der Waals surface area contributed by atoms with Crippen molar-refractivity contribution in [3.8, 4) is 0 Å². The van der Waals surface area contributed by atoms with Crippen LogP contribution in [0, 0.1) is 5.82 Å². The lowest BCUT2D eigenvalue weighted by Gasteiger charge is -2.66. The first kappa shape index (κ1) is 12.5. The molecule has 0 N–H and O–H groups in total. The summed E-state index contributed by atoms with van der Waals surface area (Å²) < 4.78 is 14.2. The van der Waals surface area contributed by atoms with E-state index in [1.165, 1.54) is 12.8 Å². The molecule has 2 atom stereocenters. The highest BCUT2D eigenvalue weighted by Crippen LogP contribution is 2.64. The average molecular weight is 325 g/mol. The number of rotatable bonds is 1. The van der Waals surface area contributed by atoms with Crippen molar-refractivity contribution in [2.75, 3.05) is 0 Å². The molecule has 3 saturated heterocycles. The fourth-order valence-corrected chi connectivity index (χ4v) is 4.89. The van der Waals surface area contributed by atoms with Gasteiger partial charge in [0.05, 0.1) is 11.2 Å². The summed E-state index contributed by atoms with van der Waals surface area (Å²) in [4.78, 5) is 14.9. The summed E-state index contributed by atoms with van der Waals surface area (Å²) in [6.45, 7) is 0. The van der Waals surface area contributed by atoms with E-state index in [1.54, 1.807) is 6.20 Å². The van der Waals surface area contributed by atoms with Crippen LogP contribution < -0.4 is 0 Å². The molecule has 21 heavy (non-hydrogen) atoms. The van der Waals surface area contributed by atoms with Crippen LogP contribution in [0.3, 0.4) is 0 Å². The van der Waals surface area contributed by atoms with Crippen LogP contribution in [-0.4, -0.2) is 31.9 Å². The van der Waals surface area contributed by atoms with Crippen molar-refractivity contribution in [2.45, 2.75) is 43.3 Å². The molecule has 0 radical (unpaired) electrons. The lowest BCUT2D eigenvalue weighted by atomic mass is 9.65. The second-order valence-corrected chi connectivity index (χ2v) is 6.89. The van der Waals surface area contributed by atoms with Crippen LogP contribution in [0.2, 0.25) is 10.4 Å². The van der Waals surface area contributed by atoms with Crippen molar-refractivity contribution >= 4 is 34.1 Å². The van der Waals surface area contributed by atoms with E-state index in [0.717, 1.165) is 18.5 Å². The van der Waals surface area contributed by atoms with Gasteiger partial charge in [-0.3, -0.25) is 4.90 Å². The number of piperidine rings is 1. The highest BCUT2D eigenvalue weighted by Gasteiger charge is 2.67. The van der Waals surface area contributed by atoms with Crippen LogP contribution in [0.4, 0.5) is 4.39 Å². The molecule has 3 aliphatic rings. The Morgan fingerprint density at radius 1 is 1.19 bits per heavy atom. The topological polar surface area (TPSA) is 41.9 Å². The average Bonchev–Trinajstić information content (AvgIpc) is 2.61. The largest absolute Gasteiger partial charge is 0.286 e. The molecule has 3 aliphatic heterocycles. The zero-order valence-electron chi connectivity index (χ0n) is 11.0. The van der Waals surface area contributed by atoms with E-state index in [4.69, 9.17) is 23.2 Å². The van der Waals surface area contributed by atoms with Crippen LogP contribution in [0.25, 0.3) is 10.9 Å². The Hall–Kier alpha value is -1.04. The van der Waals surface area contributed by atoms with Crippen molar-refractivity contribution in [3.05, 3.63) is 28.1 Å². The maximum atomic E-state index is 14.2. The summed E-state index contributed by atoms with van der Waals surface area (Å²) in [7, 11) is 0. The third kappa shape index (κ3) is 1.38. The number of hydrogen-bond acceptors (Lipinski definition) is 4. The van der Waals surface area contributed by atoms with Gasteiger partial charge in [0.15, 0.2) is 11.0 Å². The summed E-state index contributed by atoms with van der Waals surface area (Å²) in [5.74, 6) is -0.621. The first-order valence-electron chi connectivity index (χ1n) is 7.06. The van der Waals surface area contributed by atoms with Gasteiger partial charge < -0.3 is 0 Å². The van der Waals surface area contributed by atoms with Gasteiger partial charge in [-0.15, -0.1) is 0 Å². The zero-order valence-corrected chi connectivity index (χ0v) is 12.5. The molecule has 0 spiro atoms. The smallest absolute Gasteiger partial charge is 0.223 e. The summed E-state index contributed by atoms with van der Waals surface area (Å²) in [5.41, 5.74) is 0.902. The maximum absolute atomic E-state index is 14.2. The van der Waals surface area contributed by atoms with Gasteiger partial charge in [-0.25, -0.2) is 19.3 Å². The van der Waals surface area contributed by atoms with E-state index in [9.17, 15) is 4.39 Å². The van der Waals surface area contributed by atoms with Gasteiger partial charge in [-0.1, -0.05) is 11.6 Å². The first-order valence-corrected chi connectivity index (χ1v) is 7.82. The van der Waals surface area contributed by atoms with Crippen LogP contribution in [0.15, 0.2) is 6.20 Å². The van der Waals surface area contributed by atoms with Crippen molar-refractivity contribution in [2.24, 2.45) is 0 Å².